The first kappa shape index (κ1) is 18.9. The average Bonchev–Trinajstić information content (AvgIpc) is 3.16. The Kier molecular flexibility index (Phi) is 5.16. The van der Waals surface area contributed by atoms with Gasteiger partial charge in [0, 0.05) is 43.0 Å². The standard InChI is InChI=1S/C19H22FN3O4/c1-10-14(19(26)27)5-6-23(10)18(25)17(22-11(2)24)7-12-9-21-16-8-13(20)3-4-15(12)16/h3-4,8-10,14,17,21H,5-7H2,1-2H3,(H,22,24)(H,26,27). The predicted octanol–water partition coefficient (Wildman–Crippen LogP) is 1.68. The first-order valence-corrected chi connectivity index (χ1v) is 8.84. The van der Waals surface area contributed by atoms with Gasteiger partial charge in [-0.2, -0.15) is 0 Å². The van der Waals surface area contributed by atoms with Gasteiger partial charge in [-0.25, -0.2) is 4.39 Å². The number of likely N-dealkylation sites (tertiary alicyclic amines) is 1. The molecular weight excluding hydrogens is 353 g/mol. The lowest BCUT2D eigenvalue weighted by atomic mass is 10.0. The van der Waals surface area contributed by atoms with Gasteiger partial charge in [-0.1, -0.05) is 0 Å². The maximum absolute atomic E-state index is 13.4. The summed E-state index contributed by atoms with van der Waals surface area (Å²) in [4.78, 5) is 40.5. The number of fused-ring (bicyclic) bond motifs is 1. The highest BCUT2D eigenvalue weighted by Crippen LogP contribution is 2.26. The third kappa shape index (κ3) is 3.79. The second-order valence-electron chi connectivity index (χ2n) is 6.97. The van der Waals surface area contributed by atoms with E-state index in [4.69, 9.17) is 0 Å². The Morgan fingerprint density at radius 3 is 2.78 bits per heavy atom. The van der Waals surface area contributed by atoms with E-state index in [-0.39, 0.29) is 24.1 Å². The van der Waals surface area contributed by atoms with Crippen LogP contribution in [0.2, 0.25) is 0 Å². The Bertz CT molecular complexity index is 894. The normalized spacial score (nSPS) is 20.6. The smallest absolute Gasteiger partial charge is 0.308 e. The first-order valence-electron chi connectivity index (χ1n) is 8.84. The van der Waals surface area contributed by atoms with Gasteiger partial charge in [0.2, 0.25) is 11.8 Å². The number of aliphatic carboxylic acids is 1. The maximum atomic E-state index is 13.4. The Labute approximate surface area is 155 Å². The number of carbonyl (C=O) groups excluding carboxylic acids is 2. The molecule has 2 aromatic rings. The van der Waals surface area contributed by atoms with Crippen LogP contribution in [0.15, 0.2) is 24.4 Å². The van der Waals surface area contributed by atoms with Crippen molar-refractivity contribution in [3.8, 4) is 0 Å². The van der Waals surface area contributed by atoms with E-state index in [9.17, 15) is 23.9 Å². The Morgan fingerprint density at radius 2 is 2.15 bits per heavy atom. The molecule has 3 rings (SSSR count). The summed E-state index contributed by atoms with van der Waals surface area (Å²) >= 11 is 0. The molecule has 1 aliphatic heterocycles. The lowest BCUT2D eigenvalue weighted by Crippen LogP contribution is -2.51. The summed E-state index contributed by atoms with van der Waals surface area (Å²) in [7, 11) is 0. The quantitative estimate of drug-likeness (QED) is 0.740. The molecule has 0 aliphatic carbocycles. The number of carboxylic acid groups (broad SMARTS) is 1. The first-order chi connectivity index (χ1) is 12.8. The van der Waals surface area contributed by atoms with Crippen LogP contribution in [0, 0.1) is 11.7 Å². The molecular formula is C19H22FN3O4. The Hall–Kier alpha value is -2.90. The van der Waals surface area contributed by atoms with E-state index in [0.29, 0.717) is 18.5 Å². The van der Waals surface area contributed by atoms with Crippen molar-refractivity contribution >= 4 is 28.7 Å². The third-order valence-electron chi connectivity index (χ3n) is 5.18. The minimum absolute atomic E-state index is 0.227. The lowest BCUT2D eigenvalue weighted by molar-refractivity contribution is -0.143. The molecule has 1 fully saturated rings. The van der Waals surface area contributed by atoms with Crippen LogP contribution >= 0.6 is 0 Å². The molecule has 2 heterocycles. The summed E-state index contributed by atoms with van der Waals surface area (Å²) in [5.74, 6) is -2.55. The third-order valence-corrected chi connectivity index (χ3v) is 5.18. The van der Waals surface area contributed by atoms with E-state index in [2.05, 4.69) is 10.3 Å². The number of benzene rings is 1. The van der Waals surface area contributed by atoms with Crippen molar-refractivity contribution in [3.05, 3.63) is 35.8 Å². The van der Waals surface area contributed by atoms with Crippen molar-refractivity contribution in [2.75, 3.05) is 6.54 Å². The van der Waals surface area contributed by atoms with E-state index >= 15 is 0 Å². The monoisotopic (exact) mass is 375 g/mol. The molecule has 7 nitrogen and oxygen atoms in total. The summed E-state index contributed by atoms with van der Waals surface area (Å²) in [6, 6.07) is 3.08. The minimum atomic E-state index is -0.924. The van der Waals surface area contributed by atoms with Crippen LogP contribution in [0.1, 0.15) is 25.8 Å². The molecule has 1 aliphatic rings. The van der Waals surface area contributed by atoms with Crippen molar-refractivity contribution in [3.63, 3.8) is 0 Å². The van der Waals surface area contributed by atoms with Crippen LogP contribution in [-0.4, -0.2) is 51.4 Å². The average molecular weight is 375 g/mol. The van der Waals surface area contributed by atoms with Gasteiger partial charge in [0.1, 0.15) is 11.9 Å². The molecule has 3 N–H and O–H groups in total. The van der Waals surface area contributed by atoms with Crippen molar-refractivity contribution < 1.29 is 23.9 Å². The van der Waals surface area contributed by atoms with Crippen LogP contribution in [0.5, 0.6) is 0 Å². The number of aromatic amines is 1. The van der Waals surface area contributed by atoms with Crippen molar-refractivity contribution in [1.29, 1.82) is 0 Å². The van der Waals surface area contributed by atoms with E-state index in [1.807, 2.05) is 0 Å². The van der Waals surface area contributed by atoms with E-state index in [1.165, 1.54) is 24.0 Å². The van der Waals surface area contributed by atoms with Crippen LogP contribution in [-0.2, 0) is 20.8 Å². The second kappa shape index (κ2) is 7.38. The van der Waals surface area contributed by atoms with Gasteiger partial charge in [-0.3, -0.25) is 14.4 Å². The number of nitrogens with zero attached hydrogens (tertiary/aromatic N) is 1. The van der Waals surface area contributed by atoms with E-state index < -0.39 is 24.0 Å². The molecule has 0 saturated carbocycles. The van der Waals surface area contributed by atoms with Gasteiger partial charge in [-0.15, -0.1) is 0 Å². The Balaban J connectivity index is 1.84. The molecule has 8 heteroatoms. The van der Waals surface area contributed by atoms with Gasteiger partial charge < -0.3 is 20.3 Å². The van der Waals surface area contributed by atoms with E-state index in [1.54, 1.807) is 19.2 Å². The van der Waals surface area contributed by atoms with Gasteiger partial charge in [0.05, 0.1) is 5.92 Å². The molecule has 0 radical (unpaired) electrons. The molecule has 144 valence electrons. The molecule has 1 aromatic carbocycles. The van der Waals surface area contributed by atoms with Crippen molar-refractivity contribution in [2.45, 2.75) is 38.8 Å². The second-order valence-corrected chi connectivity index (χ2v) is 6.97. The highest BCUT2D eigenvalue weighted by Gasteiger charge is 2.40. The van der Waals surface area contributed by atoms with Gasteiger partial charge >= 0.3 is 5.97 Å². The largest absolute Gasteiger partial charge is 0.481 e. The fourth-order valence-corrected chi connectivity index (χ4v) is 3.77. The topological polar surface area (TPSA) is 103 Å². The zero-order chi connectivity index (χ0) is 19.7. The number of H-pyrrole nitrogens is 1. The fourth-order valence-electron chi connectivity index (χ4n) is 3.77. The van der Waals surface area contributed by atoms with Crippen LogP contribution in [0.3, 0.4) is 0 Å². The number of carbonyl (C=O) groups is 3. The lowest BCUT2D eigenvalue weighted by Gasteiger charge is -2.28. The molecule has 3 atom stereocenters. The number of rotatable bonds is 5. The summed E-state index contributed by atoms with van der Waals surface area (Å²) in [5, 5.41) is 12.7. The zero-order valence-electron chi connectivity index (χ0n) is 15.2. The highest BCUT2D eigenvalue weighted by atomic mass is 19.1. The van der Waals surface area contributed by atoms with Crippen LogP contribution < -0.4 is 5.32 Å². The minimum Gasteiger partial charge on any atom is -0.481 e. The summed E-state index contributed by atoms with van der Waals surface area (Å²) in [5.41, 5.74) is 1.39. The van der Waals surface area contributed by atoms with Crippen molar-refractivity contribution in [1.82, 2.24) is 15.2 Å². The molecule has 0 spiro atoms. The van der Waals surface area contributed by atoms with Crippen molar-refractivity contribution in [2.24, 2.45) is 5.92 Å². The zero-order valence-corrected chi connectivity index (χ0v) is 15.2. The molecule has 1 aromatic heterocycles. The van der Waals surface area contributed by atoms with Gasteiger partial charge in [0.15, 0.2) is 0 Å². The fraction of sp³-hybridized carbons (Fsp3) is 0.421. The summed E-state index contributed by atoms with van der Waals surface area (Å²) < 4.78 is 13.4. The number of halogens is 1. The van der Waals surface area contributed by atoms with Gasteiger partial charge in [-0.05, 0) is 37.1 Å². The maximum Gasteiger partial charge on any atom is 0.308 e. The Morgan fingerprint density at radius 1 is 1.41 bits per heavy atom. The van der Waals surface area contributed by atoms with Crippen LogP contribution in [0.25, 0.3) is 10.9 Å². The number of nitrogens with one attached hydrogen (secondary N) is 2. The number of hydrogen-bond donors (Lipinski definition) is 3. The number of hydrogen-bond acceptors (Lipinski definition) is 3. The number of aromatic nitrogens is 1. The highest BCUT2D eigenvalue weighted by molar-refractivity contribution is 5.90. The molecule has 27 heavy (non-hydrogen) atoms. The molecule has 3 unspecified atom stereocenters. The number of carboxylic acids is 1. The molecule has 1 saturated heterocycles. The summed E-state index contributed by atoms with van der Waals surface area (Å²) in [6.07, 6.45) is 2.31. The van der Waals surface area contributed by atoms with Gasteiger partial charge in [0.25, 0.3) is 0 Å². The SMILES string of the molecule is CC(=O)NC(Cc1c[nH]c2cc(F)ccc12)C(=O)N1CCC(C(=O)O)C1C. The molecule has 2 amide bonds. The van der Waals surface area contributed by atoms with Crippen LogP contribution in [0.4, 0.5) is 4.39 Å². The summed E-state index contributed by atoms with van der Waals surface area (Å²) in [6.45, 7) is 3.38. The number of amides is 2. The predicted molar refractivity (Wildman–Crippen MR) is 96.5 cm³/mol. The molecule has 0 bridgehead atoms. The van der Waals surface area contributed by atoms with E-state index in [0.717, 1.165) is 10.9 Å².